The Morgan fingerprint density at radius 2 is 1.78 bits per heavy atom. The van der Waals surface area contributed by atoms with Crippen LogP contribution in [0.4, 0.5) is 14.5 Å². The van der Waals surface area contributed by atoms with Crippen LogP contribution in [-0.4, -0.2) is 23.9 Å². The number of nitrogens with two attached hydrogens (primary N) is 2. The smallest absolute Gasteiger partial charge is 0.276 e. The summed E-state index contributed by atoms with van der Waals surface area (Å²) in [6, 6.07) is 11.9. The van der Waals surface area contributed by atoms with Crippen LogP contribution in [0.25, 0.3) is 17.1 Å². The molecule has 0 radical (unpaired) electrons. The Balaban J connectivity index is 2.01. The summed E-state index contributed by atoms with van der Waals surface area (Å²) in [5, 5.41) is 4.79. The first kappa shape index (κ1) is 18.5. The lowest BCUT2D eigenvalue weighted by Crippen LogP contribution is -2.35. The van der Waals surface area contributed by atoms with Gasteiger partial charge in [-0.05, 0) is 24.3 Å². The molecule has 140 valence electrons. The summed E-state index contributed by atoms with van der Waals surface area (Å²) in [5.74, 6) is 4.92. The lowest BCUT2D eigenvalue weighted by atomic mass is 10.2. The molecule has 0 saturated carbocycles. The van der Waals surface area contributed by atoms with Crippen molar-refractivity contribution in [2.75, 3.05) is 18.7 Å². The van der Waals surface area contributed by atoms with Crippen LogP contribution in [0.2, 0.25) is 0 Å². The van der Waals surface area contributed by atoms with Gasteiger partial charge in [-0.3, -0.25) is 5.01 Å². The van der Waals surface area contributed by atoms with Crippen molar-refractivity contribution < 1.29 is 18.0 Å². The van der Waals surface area contributed by atoms with Gasteiger partial charge in [0, 0.05) is 7.11 Å². The van der Waals surface area contributed by atoms with E-state index in [4.69, 9.17) is 20.8 Å². The van der Waals surface area contributed by atoms with Crippen molar-refractivity contribution in [3.8, 4) is 11.4 Å². The molecule has 0 spiro atoms. The Morgan fingerprint density at radius 3 is 2.44 bits per heavy atom. The summed E-state index contributed by atoms with van der Waals surface area (Å²) in [6.45, 7) is -0.0475. The Labute approximate surface area is 153 Å². The zero-order chi connectivity index (χ0) is 19.4. The summed E-state index contributed by atoms with van der Waals surface area (Å²) in [5.41, 5.74) is 6.54. The first-order valence-corrected chi connectivity index (χ1v) is 7.88. The molecule has 1 aromatic heterocycles. The second-order valence-electron chi connectivity index (χ2n) is 5.52. The molecule has 0 unspecified atom stereocenters. The van der Waals surface area contributed by atoms with E-state index in [2.05, 4.69) is 10.1 Å². The van der Waals surface area contributed by atoms with E-state index in [1.807, 2.05) is 0 Å². The molecular formula is C18H17F2N5O2. The van der Waals surface area contributed by atoms with E-state index >= 15 is 0 Å². The molecule has 3 aromatic rings. The Bertz CT molecular complexity index is 974. The van der Waals surface area contributed by atoms with E-state index in [1.54, 1.807) is 18.2 Å². The van der Waals surface area contributed by atoms with Crippen LogP contribution in [-0.2, 0) is 4.74 Å². The molecule has 2 aromatic carbocycles. The topological polar surface area (TPSA) is 103 Å². The standard InChI is InChI=1S/C18H17F2N5O2/c1-26-10-15(25(22)14-9-5-4-8-13(14)20)16(21)18-23-17(24-27-18)11-6-2-3-7-12(11)19/h2-9H,10,21-22H2,1H3/b16-15-. The van der Waals surface area contributed by atoms with E-state index < -0.39 is 11.6 Å². The van der Waals surface area contributed by atoms with Crippen molar-refractivity contribution in [3.05, 3.63) is 71.8 Å². The van der Waals surface area contributed by atoms with Gasteiger partial charge in [0.25, 0.3) is 5.89 Å². The molecule has 0 bridgehead atoms. The van der Waals surface area contributed by atoms with Crippen LogP contribution in [0, 0.1) is 11.6 Å². The SMILES string of the molecule is COC/C(=C(/N)c1nc(-c2ccccc2F)no1)N(N)c1ccccc1F. The van der Waals surface area contributed by atoms with Crippen LogP contribution in [0.3, 0.4) is 0 Å². The Kier molecular flexibility index (Phi) is 5.43. The normalized spacial score (nSPS) is 12.0. The van der Waals surface area contributed by atoms with E-state index in [1.165, 1.54) is 37.4 Å². The number of anilines is 1. The number of aromatic nitrogens is 2. The molecule has 0 fully saturated rings. The monoisotopic (exact) mass is 373 g/mol. The van der Waals surface area contributed by atoms with Crippen molar-refractivity contribution in [1.29, 1.82) is 0 Å². The van der Waals surface area contributed by atoms with Gasteiger partial charge >= 0.3 is 0 Å². The Hall–Kier alpha value is -3.30. The molecular weight excluding hydrogens is 356 g/mol. The maximum absolute atomic E-state index is 14.1. The maximum atomic E-state index is 14.1. The number of ether oxygens (including phenoxy) is 1. The average molecular weight is 373 g/mol. The first-order chi connectivity index (χ1) is 13.0. The largest absolute Gasteiger partial charge is 0.393 e. The molecule has 3 rings (SSSR count). The van der Waals surface area contributed by atoms with Gasteiger partial charge in [-0.2, -0.15) is 4.98 Å². The highest BCUT2D eigenvalue weighted by molar-refractivity contribution is 5.67. The van der Waals surface area contributed by atoms with Gasteiger partial charge in [0.15, 0.2) is 0 Å². The van der Waals surface area contributed by atoms with Gasteiger partial charge in [0.2, 0.25) is 5.82 Å². The number of rotatable bonds is 6. The second-order valence-corrected chi connectivity index (χ2v) is 5.52. The van der Waals surface area contributed by atoms with Gasteiger partial charge < -0.3 is 15.0 Å². The summed E-state index contributed by atoms with van der Waals surface area (Å²) in [6.07, 6.45) is 0. The highest BCUT2D eigenvalue weighted by Gasteiger charge is 2.21. The van der Waals surface area contributed by atoms with E-state index in [0.717, 1.165) is 5.01 Å². The zero-order valence-electron chi connectivity index (χ0n) is 14.4. The third-order valence-electron chi connectivity index (χ3n) is 3.77. The highest BCUT2D eigenvalue weighted by atomic mass is 19.1. The van der Waals surface area contributed by atoms with Crippen LogP contribution in [0.1, 0.15) is 5.89 Å². The maximum Gasteiger partial charge on any atom is 0.276 e. The number of halogens is 2. The van der Waals surface area contributed by atoms with E-state index in [-0.39, 0.29) is 41.0 Å². The fraction of sp³-hybridized carbons (Fsp3) is 0.111. The average Bonchev–Trinajstić information content (AvgIpc) is 3.16. The van der Waals surface area contributed by atoms with Crippen molar-refractivity contribution >= 4 is 11.4 Å². The predicted octanol–water partition coefficient (Wildman–Crippen LogP) is 2.67. The van der Waals surface area contributed by atoms with Crippen LogP contribution < -0.4 is 16.6 Å². The number of hydrogen-bond acceptors (Lipinski definition) is 7. The fourth-order valence-corrected chi connectivity index (χ4v) is 2.41. The van der Waals surface area contributed by atoms with E-state index in [0.29, 0.717) is 0 Å². The number of hydrazine groups is 1. The molecule has 9 heteroatoms. The van der Waals surface area contributed by atoms with Crippen LogP contribution >= 0.6 is 0 Å². The number of para-hydroxylation sites is 1. The van der Waals surface area contributed by atoms with Gasteiger partial charge in [-0.1, -0.05) is 29.4 Å². The van der Waals surface area contributed by atoms with Crippen molar-refractivity contribution in [3.63, 3.8) is 0 Å². The van der Waals surface area contributed by atoms with Crippen LogP contribution in [0.15, 0.2) is 58.8 Å². The number of methoxy groups -OCH3 is 1. The summed E-state index contributed by atoms with van der Waals surface area (Å²) >= 11 is 0. The lowest BCUT2D eigenvalue weighted by Gasteiger charge is -2.23. The minimum Gasteiger partial charge on any atom is -0.393 e. The van der Waals surface area contributed by atoms with E-state index in [9.17, 15) is 8.78 Å². The van der Waals surface area contributed by atoms with Gasteiger partial charge in [0.05, 0.1) is 23.6 Å². The molecule has 7 nitrogen and oxygen atoms in total. The number of nitrogens with zero attached hydrogens (tertiary/aromatic N) is 3. The first-order valence-electron chi connectivity index (χ1n) is 7.88. The summed E-state index contributed by atoms with van der Waals surface area (Å²) < 4.78 is 38.2. The molecule has 1 heterocycles. The van der Waals surface area contributed by atoms with Gasteiger partial charge in [-0.15, -0.1) is 0 Å². The molecule has 27 heavy (non-hydrogen) atoms. The fourth-order valence-electron chi connectivity index (χ4n) is 2.41. The number of benzene rings is 2. The minimum absolute atomic E-state index is 0.0160. The Morgan fingerprint density at radius 1 is 1.11 bits per heavy atom. The molecule has 0 aliphatic heterocycles. The van der Waals surface area contributed by atoms with Crippen molar-refractivity contribution in [2.45, 2.75) is 0 Å². The molecule has 0 atom stereocenters. The van der Waals surface area contributed by atoms with Gasteiger partial charge in [-0.25, -0.2) is 14.6 Å². The molecule has 4 N–H and O–H groups in total. The lowest BCUT2D eigenvalue weighted by molar-refractivity contribution is 0.223. The minimum atomic E-state index is -0.543. The quantitative estimate of drug-likeness (QED) is 0.506. The molecule has 0 aliphatic carbocycles. The third kappa shape index (κ3) is 3.78. The van der Waals surface area contributed by atoms with Gasteiger partial charge in [0.1, 0.15) is 17.3 Å². The van der Waals surface area contributed by atoms with Crippen LogP contribution in [0.5, 0.6) is 0 Å². The third-order valence-corrected chi connectivity index (χ3v) is 3.77. The molecule has 0 amide bonds. The highest BCUT2D eigenvalue weighted by Crippen LogP contribution is 2.25. The van der Waals surface area contributed by atoms with Crippen molar-refractivity contribution in [2.24, 2.45) is 11.6 Å². The second kappa shape index (κ2) is 7.94. The number of hydrogen-bond donors (Lipinski definition) is 2. The summed E-state index contributed by atoms with van der Waals surface area (Å²) in [7, 11) is 1.43. The molecule has 0 aliphatic rings. The predicted molar refractivity (Wildman–Crippen MR) is 95.7 cm³/mol. The van der Waals surface area contributed by atoms with Crippen molar-refractivity contribution in [1.82, 2.24) is 10.1 Å². The zero-order valence-corrected chi connectivity index (χ0v) is 14.4. The summed E-state index contributed by atoms with van der Waals surface area (Å²) in [4.78, 5) is 4.11. The molecule has 0 saturated heterocycles.